The van der Waals surface area contributed by atoms with Crippen LogP contribution in [-0.2, 0) is 28.5 Å². The largest absolute Gasteiger partial charge is 0.467 e. The van der Waals surface area contributed by atoms with Gasteiger partial charge in [0.2, 0.25) is 0 Å². The molecule has 19 heavy (non-hydrogen) atoms. The number of amides is 1. The fourth-order valence-corrected chi connectivity index (χ4v) is 2.07. The number of ether oxygens (including phenoxy) is 4. The molecular weight excluding hydrogens is 258 g/mol. The molecule has 0 aliphatic carbocycles. The molecule has 1 aliphatic rings. The van der Waals surface area contributed by atoms with Gasteiger partial charge in [0, 0.05) is 20.5 Å². The molecule has 0 unspecified atom stereocenters. The van der Waals surface area contributed by atoms with Crippen molar-refractivity contribution in [2.24, 2.45) is 0 Å². The Labute approximate surface area is 110 Å². The van der Waals surface area contributed by atoms with E-state index < -0.39 is 36.4 Å². The Morgan fingerprint density at radius 3 is 2.16 bits per heavy atom. The van der Waals surface area contributed by atoms with Gasteiger partial charge in [0.05, 0.1) is 14.2 Å². The van der Waals surface area contributed by atoms with Gasteiger partial charge in [-0.2, -0.15) is 0 Å². The van der Waals surface area contributed by atoms with E-state index in [-0.39, 0.29) is 6.42 Å². The van der Waals surface area contributed by atoms with Crippen LogP contribution in [0, 0.1) is 0 Å². The molecule has 1 aliphatic heterocycles. The molecule has 8 heteroatoms. The first-order chi connectivity index (χ1) is 8.96. The Kier molecular flexibility index (Phi) is 5.11. The summed E-state index contributed by atoms with van der Waals surface area (Å²) in [6.07, 6.45) is -2.29. The predicted octanol–water partition coefficient (Wildman–Crippen LogP) is -0.0957. The van der Waals surface area contributed by atoms with E-state index in [1.165, 1.54) is 28.3 Å². The van der Waals surface area contributed by atoms with E-state index in [2.05, 4.69) is 9.47 Å². The highest BCUT2D eigenvalue weighted by Gasteiger charge is 2.50. The van der Waals surface area contributed by atoms with E-state index in [4.69, 9.17) is 9.47 Å². The molecular formula is C11H17NO7. The normalized spacial score (nSPS) is 25.9. The van der Waals surface area contributed by atoms with Crippen LogP contribution in [0.25, 0.3) is 0 Å². The molecule has 1 heterocycles. The van der Waals surface area contributed by atoms with Crippen LogP contribution in [0.3, 0.4) is 0 Å². The highest BCUT2D eigenvalue weighted by molar-refractivity contribution is 5.82. The van der Waals surface area contributed by atoms with Crippen molar-refractivity contribution in [1.82, 2.24) is 4.90 Å². The Balaban J connectivity index is 3.00. The summed E-state index contributed by atoms with van der Waals surface area (Å²) in [5, 5.41) is 0. The van der Waals surface area contributed by atoms with Gasteiger partial charge in [-0.3, -0.25) is 9.69 Å². The average Bonchev–Trinajstić information content (AvgIpc) is 2.74. The van der Waals surface area contributed by atoms with Crippen molar-refractivity contribution >= 4 is 18.0 Å². The van der Waals surface area contributed by atoms with Gasteiger partial charge >= 0.3 is 18.0 Å². The van der Waals surface area contributed by atoms with Crippen molar-refractivity contribution in [2.45, 2.75) is 31.7 Å². The van der Waals surface area contributed by atoms with Crippen LogP contribution in [0.15, 0.2) is 0 Å². The topological polar surface area (TPSA) is 91.4 Å². The van der Waals surface area contributed by atoms with Crippen molar-refractivity contribution in [3.8, 4) is 0 Å². The summed E-state index contributed by atoms with van der Waals surface area (Å²) >= 11 is 0. The summed E-state index contributed by atoms with van der Waals surface area (Å²) in [5.74, 6) is -1.15. The van der Waals surface area contributed by atoms with Crippen LogP contribution in [-0.4, -0.2) is 62.6 Å². The van der Waals surface area contributed by atoms with Gasteiger partial charge in [0.15, 0.2) is 6.23 Å². The van der Waals surface area contributed by atoms with Gasteiger partial charge in [-0.25, -0.2) is 9.59 Å². The van der Waals surface area contributed by atoms with Crippen LogP contribution in [0.5, 0.6) is 0 Å². The molecule has 3 atom stereocenters. The molecule has 0 bridgehead atoms. The second-order valence-corrected chi connectivity index (χ2v) is 3.93. The second kappa shape index (κ2) is 6.37. The maximum atomic E-state index is 11.7. The standard InChI is InChI=1S/C11H17NO7/c1-6(13)19-8-5-7(10(14)17-3)12(9(8)16-2)11(15)18-4/h7-9H,5H2,1-4H3/t7-,8-,9+/m0/s1. The van der Waals surface area contributed by atoms with E-state index in [1.54, 1.807) is 0 Å². The first-order valence-electron chi connectivity index (χ1n) is 5.60. The van der Waals surface area contributed by atoms with Crippen molar-refractivity contribution in [3.05, 3.63) is 0 Å². The van der Waals surface area contributed by atoms with Gasteiger partial charge in [0.1, 0.15) is 12.1 Å². The predicted molar refractivity (Wildman–Crippen MR) is 61.0 cm³/mol. The lowest BCUT2D eigenvalue weighted by Gasteiger charge is -2.27. The number of methoxy groups -OCH3 is 3. The van der Waals surface area contributed by atoms with Gasteiger partial charge < -0.3 is 18.9 Å². The van der Waals surface area contributed by atoms with E-state index in [0.29, 0.717) is 0 Å². The third kappa shape index (κ3) is 3.14. The van der Waals surface area contributed by atoms with Crippen molar-refractivity contribution < 1.29 is 33.3 Å². The Morgan fingerprint density at radius 2 is 1.74 bits per heavy atom. The van der Waals surface area contributed by atoms with Crippen LogP contribution in [0.1, 0.15) is 13.3 Å². The minimum absolute atomic E-state index is 0.0971. The van der Waals surface area contributed by atoms with E-state index in [9.17, 15) is 14.4 Å². The summed E-state index contributed by atoms with van der Waals surface area (Å²) in [4.78, 5) is 35.5. The molecule has 0 radical (unpaired) electrons. The van der Waals surface area contributed by atoms with Gasteiger partial charge in [-0.05, 0) is 0 Å². The lowest BCUT2D eigenvalue weighted by molar-refractivity contribution is -0.156. The van der Waals surface area contributed by atoms with E-state index >= 15 is 0 Å². The fraction of sp³-hybridized carbons (Fsp3) is 0.727. The number of rotatable bonds is 3. The van der Waals surface area contributed by atoms with Gasteiger partial charge in [0.25, 0.3) is 0 Å². The zero-order chi connectivity index (χ0) is 14.6. The van der Waals surface area contributed by atoms with Crippen LogP contribution in [0.2, 0.25) is 0 Å². The molecule has 0 aromatic carbocycles. The number of likely N-dealkylation sites (tertiary alicyclic amines) is 1. The molecule has 108 valence electrons. The Morgan fingerprint density at radius 1 is 1.11 bits per heavy atom. The number of hydrogen-bond donors (Lipinski definition) is 0. The zero-order valence-electron chi connectivity index (χ0n) is 11.2. The lowest BCUT2D eigenvalue weighted by atomic mass is 10.2. The molecule has 0 aromatic rings. The summed E-state index contributed by atoms with van der Waals surface area (Å²) in [7, 11) is 3.73. The third-order valence-corrected chi connectivity index (χ3v) is 2.80. The van der Waals surface area contributed by atoms with Crippen molar-refractivity contribution in [3.63, 3.8) is 0 Å². The Bertz CT molecular complexity index is 370. The summed E-state index contributed by atoms with van der Waals surface area (Å²) in [6.45, 7) is 1.24. The van der Waals surface area contributed by atoms with Gasteiger partial charge in [-0.15, -0.1) is 0 Å². The first-order valence-corrected chi connectivity index (χ1v) is 5.60. The molecule has 1 amide bonds. The molecule has 0 aromatic heterocycles. The zero-order valence-corrected chi connectivity index (χ0v) is 11.2. The average molecular weight is 275 g/mol. The molecule has 1 saturated heterocycles. The molecule has 0 saturated carbocycles. The molecule has 1 rings (SSSR count). The smallest absolute Gasteiger partial charge is 0.412 e. The molecule has 0 N–H and O–H groups in total. The number of nitrogens with zero attached hydrogens (tertiary/aromatic N) is 1. The molecule has 8 nitrogen and oxygen atoms in total. The third-order valence-electron chi connectivity index (χ3n) is 2.80. The number of hydrogen-bond acceptors (Lipinski definition) is 7. The molecule has 1 fully saturated rings. The molecule has 0 spiro atoms. The monoisotopic (exact) mass is 275 g/mol. The Hall–Kier alpha value is -1.83. The fourth-order valence-electron chi connectivity index (χ4n) is 2.07. The van der Waals surface area contributed by atoms with Crippen molar-refractivity contribution in [2.75, 3.05) is 21.3 Å². The number of carbonyl (C=O) groups is 3. The summed E-state index contributed by atoms with van der Waals surface area (Å²) in [6, 6.07) is -0.910. The second-order valence-electron chi connectivity index (χ2n) is 3.93. The van der Waals surface area contributed by atoms with Crippen LogP contribution < -0.4 is 0 Å². The highest BCUT2D eigenvalue weighted by atomic mass is 16.6. The lowest BCUT2D eigenvalue weighted by Crippen LogP contribution is -2.47. The summed E-state index contributed by atoms with van der Waals surface area (Å²) in [5.41, 5.74) is 0. The van der Waals surface area contributed by atoms with Crippen molar-refractivity contribution in [1.29, 1.82) is 0 Å². The quantitative estimate of drug-likeness (QED) is 0.524. The van der Waals surface area contributed by atoms with E-state index in [1.807, 2.05) is 0 Å². The highest BCUT2D eigenvalue weighted by Crippen LogP contribution is 2.29. The van der Waals surface area contributed by atoms with Gasteiger partial charge in [-0.1, -0.05) is 0 Å². The minimum atomic E-state index is -0.910. The van der Waals surface area contributed by atoms with E-state index in [0.717, 1.165) is 4.90 Å². The SMILES string of the molecule is COC(=O)[C@@H]1C[C@H](OC(C)=O)[C@@H](OC)N1C(=O)OC. The van der Waals surface area contributed by atoms with Crippen LogP contribution in [0.4, 0.5) is 4.79 Å². The minimum Gasteiger partial charge on any atom is -0.467 e. The summed E-state index contributed by atoms with van der Waals surface area (Å²) < 4.78 is 19.4. The maximum absolute atomic E-state index is 11.7. The van der Waals surface area contributed by atoms with Crippen LogP contribution >= 0.6 is 0 Å². The maximum Gasteiger partial charge on any atom is 0.412 e. The first kappa shape index (κ1) is 15.2. The number of carbonyl (C=O) groups excluding carboxylic acids is 3. The number of esters is 2.